The Morgan fingerprint density at radius 3 is 2.40 bits per heavy atom. The topological polar surface area (TPSA) is 22.0 Å². The van der Waals surface area contributed by atoms with Crippen LogP contribution in [-0.2, 0) is 7.05 Å². The van der Waals surface area contributed by atoms with Crippen molar-refractivity contribution < 1.29 is 0 Å². The van der Waals surface area contributed by atoms with Gasteiger partial charge in [0.15, 0.2) is 0 Å². The minimum Gasteiger partial charge on any atom is -0.318 e. The Bertz CT molecular complexity index is 585. The van der Waals surface area contributed by atoms with E-state index in [9.17, 15) is 4.79 Å². The first-order chi connectivity index (χ1) is 7.00. The van der Waals surface area contributed by atoms with Crippen molar-refractivity contribution in [1.29, 1.82) is 0 Å². The molecule has 15 heavy (non-hydrogen) atoms. The van der Waals surface area contributed by atoms with Crippen LogP contribution in [-0.4, -0.2) is 4.57 Å². The number of aryl methyl sites for hydroxylation is 4. The molecule has 2 aromatic rings. The number of fused-ring (bicyclic) bond motifs is 1. The fourth-order valence-corrected chi connectivity index (χ4v) is 2.26. The highest BCUT2D eigenvalue weighted by atomic mass is 16.1. The number of hydrogen-bond acceptors (Lipinski definition) is 1. The minimum absolute atomic E-state index is 0.0856. The van der Waals surface area contributed by atoms with Gasteiger partial charge in [-0.15, -0.1) is 0 Å². The summed E-state index contributed by atoms with van der Waals surface area (Å²) in [6, 6.07) is 4.09. The highest BCUT2D eigenvalue weighted by molar-refractivity contribution is 5.88. The van der Waals surface area contributed by atoms with Crippen molar-refractivity contribution in [2.75, 3.05) is 0 Å². The highest BCUT2D eigenvalue weighted by Gasteiger charge is 2.06. The van der Waals surface area contributed by atoms with Crippen molar-refractivity contribution >= 4 is 10.8 Å². The number of nitrogens with zero attached hydrogens (tertiary/aromatic N) is 1. The van der Waals surface area contributed by atoms with Crippen LogP contribution in [0.4, 0.5) is 0 Å². The summed E-state index contributed by atoms with van der Waals surface area (Å²) in [6.07, 6.45) is 1.90. The molecule has 1 heterocycles. The number of aromatic nitrogens is 1. The van der Waals surface area contributed by atoms with E-state index in [4.69, 9.17) is 0 Å². The Balaban J connectivity index is 3.10. The SMILES string of the molecule is Cc1cc(C)c2c(C)cn(C)c(=O)c2c1. The van der Waals surface area contributed by atoms with Crippen LogP contribution in [0.3, 0.4) is 0 Å². The first-order valence-corrected chi connectivity index (χ1v) is 5.08. The molecule has 0 spiro atoms. The van der Waals surface area contributed by atoms with Gasteiger partial charge in [-0.25, -0.2) is 0 Å². The van der Waals surface area contributed by atoms with Crippen LogP contribution in [0.1, 0.15) is 16.7 Å². The van der Waals surface area contributed by atoms with E-state index in [1.165, 1.54) is 5.56 Å². The van der Waals surface area contributed by atoms with Crippen LogP contribution in [0, 0.1) is 20.8 Å². The van der Waals surface area contributed by atoms with Gasteiger partial charge >= 0.3 is 0 Å². The Kier molecular flexibility index (Phi) is 2.14. The van der Waals surface area contributed by atoms with Crippen molar-refractivity contribution in [2.45, 2.75) is 20.8 Å². The molecule has 0 aliphatic carbocycles. The number of hydrogen-bond donors (Lipinski definition) is 0. The molecule has 0 aliphatic rings. The second-order valence-corrected chi connectivity index (χ2v) is 4.23. The first kappa shape index (κ1) is 9.97. The van der Waals surface area contributed by atoms with E-state index in [1.54, 1.807) is 11.6 Å². The standard InChI is InChI=1S/C13H15NO/c1-8-5-9(2)12-10(3)7-14(4)13(15)11(12)6-8/h5-7H,1-4H3. The normalized spacial score (nSPS) is 10.9. The number of rotatable bonds is 0. The predicted molar refractivity (Wildman–Crippen MR) is 63.4 cm³/mol. The van der Waals surface area contributed by atoms with E-state index in [-0.39, 0.29) is 5.56 Å². The Morgan fingerprint density at radius 1 is 1.07 bits per heavy atom. The number of benzene rings is 1. The second kappa shape index (κ2) is 3.23. The molecule has 0 N–H and O–H groups in total. The van der Waals surface area contributed by atoms with E-state index in [2.05, 4.69) is 13.0 Å². The molecule has 1 aromatic heterocycles. The minimum atomic E-state index is 0.0856. The van der Waals surface area contributed by atoms with Crippen molar-refractivity contribution in [3.8, 4) is 0 Å². The zero-order valence-corrected chi connectivity index (χ0v) is 9.59. The molecule has 0 unspecified atom stereocenters. The number of pyridine rings is 1. The molecule has 78 valence electrons. The third kappa shape index (κ3) is 1.46. The monoisotopic (exact) mass is 201 g/mol. The van der Waals surface area contributed by atoms with Crippen LogP contribution < -0.4 is 5.56 Å². The smallest absolute Gasteiger partial charge is 0.258 e. The Morgan fingerprint density at radius 2 is 1.73 bits per heavy atom. The lowest BCUT2D eigenvalue weighted by Gasteiger charge is -2.09. The highest BCUT2D eigenvalue weighted by Crippen LogP contribution is 2.20. The molecule has 0 aliphatic heterocycles. The van der Waals surface area contributed by atoms with Gasteiger partial charge in [0.25, 0.3) is 5.56 Å². The summed E-state index contributed by atoms with van der Waals surface area (Å²) in [6.45, 7) is 6.13. The summed E-state index contributed by atoms with van der Waals surface area (Å²) < 4.78 is 1.65. The summed E-state index contributed by atoms with van der Waals surface area (Å²) in [5, 5.41) is 1.93. The summed E-state index contributed by atoms with van der Waals surface area (Å²) >= 11 is 0. The molecule has 0 bridgehead atoms. The van der Waals surface area contributed by atoms with Crippen molar-refractivity contribution in [3.05, 3.63) is 45.4 Å². The molecular weight excluding hydrogens is 186 g/mol. The van der Waals surface area contributed by atoms with E-state index in [1.807, 2.05) is 26.1 Å². The lowest BCUT2D eigenvalue weighted by atomic mass is 10.0. The van der Waals surface area contributed by atoms with Gasteiger partial charge in [-0.1, -0.05) is 11.6 Å². The predicted octanol–water partition coefficient (Wildman–Crippen LogP) is 2.46. The van der Waals surface area contributed by atoms with E-state index >= 15 is 0 Å². The second-order valence-electron chi connectivity index (χ2n) is 4.23. The van der Waals surface area contributed by atoms with Crippen LogP contribution in [0.5, 0.6) is 0 Å². The molecule has 0 atom stereocenters. The van der Waals surface area contributed by atoms with Gasteiger partial charge in [-0.3, -0.25) is 4.79 Å². The van der Waals surface area contributed by atoms with Gasteiger partial charge in [0.2, 0.25) is 0 Å². The van der Waals surface area contributed by atoms with E-state index in [0.29, 0.717) is 0 Å². The van der Waals surface area contributed by atoms with Gasteiger partial charge in [0.1, 0.15) is 0 Å². The molecule has 0 fully saturated rings. The molecule has 0 amide bonds. The maximum Gasteiger partial charge on any atom is 0.258 e. The van der Waals surface area contributed by atoms with Crippen molar-refractivity contribution in [3.63, 3.8) is 0 Å². The molecule has 2 rings (SSSR count). The zero-order chi connectivity index (χ0) is 11.2. The largest absolute Gasteiger partial charge is 0.318 e. The fourth-order valence-electron chi connectivity index (χ4n) is 2.26. The molecule has 2 nitrogen and oxygen atoms in total. The Labute approximate surface area is 89.2 Å². The summed E-state index contributed by atoms with van der Waals surface area (Å²) in [4.78, 5) is 11.9. The average molecular weight is 201 g/mol. The molecule has 2 heteroatoms. The van der Waals surface area contributed by atoms with Gasteiger partial charge in [-0.2, -0.15) is 0 Å². The van der Waals surface area contributed by atoms with E-state index < -0.39 is 0 Å². The maximum absolute atomic E-state index is 11.9. The fraction of sp³-hybridized carbons (Fsp3) is 0.308. The van der Waals surface area contributed by atoms with Crippen LogP contribution >= 0.6 is 0 Å². The van der Waals surface area contributed by atoms with Gasteiger partial charge in [0.05, 0.1) is 0 Å². The van der Waals surface area contributed by atoms with Gasteiger partial charge in [0, 0.05) is 18.6 Å². The van der Waals surface area contributed by atoms with Crippen LogP contribution in [0.25, 0.3) is 10.8 Å². The Hall–Kier alpha value is -1.57. The maximum atomic E-state index is 11.9. The van der Waals surface area contributed by atoms with Crippen molar-refractivity contribution in [1.82, 2.24) is 4.57 Å². The molecule has 0 saturated carbocycles. The third-order valence-corrected chi connectivity index (χ3v) is 2.81. The zero-order valence-electron chi connectivity index (χ0n) is 9.59. The molecule has 0 saturated heterocycles. The quantitative estimate of drug-likeness (QED) is 0.641. The molecule has 1 aromatic carbocycles. The molecule has 0 radical (unpaired) electrons. The van der Waals surface area contributed by atoms with Gasteiger partial charge in [-0.05, 0) is 43.4 Å². The average Bonchev–Trinajstić information content (AvgIpc) is 2.12. The third-order valence-electron chi connectivity index (χ3n) is 2.81. The molecular formula is C13H15NO. The first-order valence-electron chi connectivity index (χ1n) is 5.08. The lowest BCUT2D eigenvalue weighted by molar-refractivity contribution is 0.865. The van der Waals surface area contributed by atoms with Crippen molar-refractivity contribution in [2.24, 2.45) is 7.05 Å². The van der Waals surface area contributed by atoms with Gasteiger partial charge < -0.3 is 4.57 Å². The van der Waals surface area contributed by atoms with Crippen LogP contribution in [0.15, 0.2) is 23.1 Å². The summed E-state index contributed by atoms with van der Waals surface area (Å²) in [7, 11) is 1.80. The summed E-state index contributed by atoms with van der Waals surface area (Å²) in [5.74, 6) is 0. The van der Waals surface area contributed by atoms with E-state index in [0.717, 1.165) is 21.9 Å². The summed E-state index contributed by atoms with van der Waals surface area (Å²) in [5.41, 5.74) is 3.56. The lowest BCUT2D eigenvalue weighted by Crippen LogP contribution is -2.17. The van der Waals surface area contributed by atoms with Crippen LogP contribution in [0.2, 0.25) is 0 Å².